The number of ether oxygens (including phenoxy) is 3. The molecule has 0 atom stereocenters. The zero-order valence-electron chi connectivity index (χ0n) is 21.6. The van der Waals surface area contributed by atoms with Gasteiger partial charge in [0.05, 0.1) is 12.7 Å². The minimum absolute atomic E-state index is 0.441. The van der Waals surface area contributed by atoms with E-state index in [0.717, 1.165) is 57.7 Å². The van der Waals surface area contributed by atoms with Crippen LogP contribution in [0.3, 0.4) is 0 Å². The molecule has 1 aliphatic carbocycles. The van der Waals surface area contributed by atoms with Crippen LogP contribution in [0.1, 0.15) is 85.1 Å². The van der Waals surface area contributed by atoms with Gasteiger partial charge in [-0.05, 0) is 118 Å². The first-order chi connectivity index (χ1) is 16.6. The number of aryl methyl sites for hydroxylation is 2. The second-order valence-electron chi connectivity index (χ2n) is 9.77. The zero-order valence-corrected chi connectivity index (χ0v) is 21.6. The van der Waals surface area contributed by atoms with Gasteiger partial charge in [-0.3, -0.25) is 0 Å². The summed E-state index contributed by atoms with van der Waals surface area (Å²) in [5.41, 5.74) is 6.99. The summed E-state index contributed by atoms with van der Waals surface area (Å²) in [6.45, 7) is 10.7. The fourth-order valence-electron chi connectivity index (χ4n) is 4.91. The van der Waals surface area contributed by atoms with Crippen LogP contribution in [0.25, 0.3) is 0 Å². The molecule has 1 aliphatic rings. The van der Waals surface area contributed by atoms with Crippen molar-refractivity contribution in [3.63, 3.8) is 0 Å². The van der Waals surface area contributed by atoms with Crippen LogP contribution in [-0.2, 0) is 15.9 Å². The number of benzene rings is 2. The van der Waals surface area contributed by atoms with Gasteiger partial charge in [0.2, 0.25) is 0 Å². The molecule has 3 rings (SSSR count). The summed E-state index contributed by atoms with van der Waals surface area (Å²) in [4.78, 5) is 0. The topological polar surface area (TPSA) is 27.7 Å². The molecule has 0 saturated heterocycles. The van der Waals surface area contributed by atoms with Gasteiger partial charge >= 0.3 is 0 Å². The van der Waals surface area contributed by atoms with Crippen molar-refractivity contribution in [2.75, 3.05) is 26.9 Å². The van der Waals surface area contributed by atoms with Gasteiger partial charge in [0.15, 0.2) is 0 Å². The Morgan fingerprint density at radius 2 is 1.56 bits per heavy atom. The molecule has 1 fully saturated rings. The average Bonchev–Trinajstić information content (AvgIpc) is 2.85. The quantitative estimate of drug-likeness (QED) is 0.212. The number of hydrogen-bond acceptors (Lipinski definition) is 3. The third-order valence-corrected chi connectivity index (χ3v) is 7.12. The molecule has 0 spiro atoms. The van der Waals surface area contributed by atoms with E-state index in [4.69, 9.17) is 14.2 Å². The Hall–Kier alpha value is -2.10. The Morgan fingerprint density at radius 1 is 0.853 bits per heavy atom. The predicted octanol–water partition coefficient (Wildman–Crippen LogP) is 7.71. The van der Waals surface area contributed by atoms with E-state index >= 15 is 0 Å². The molecule has 3 heteroatoms. The first-order valence-corrected chi connectivity index (χ1v) is 13.1. The van der Waals surface area contributed by atoms with Gasteiger partial charge in [0, 0.05) is 20.3 Å². The highest BCUT2D eigenvalue weighted by Gasteiger charge is 2.23. The Labute approximate surface area is 207 Å². The second-order valence-corrected chi connectivity index (χ2v) is 9.77. The molecule has 0 amide bonds. The van der Waals surface area contributed by atoms with Crippen LogP contribution in [0.2, 0.25) is 0 Å². The van der Waals surface area contributed by atoms with Gasteiger partial charge in [-0.1, -0.05) is 30.3 Å². The molecule has 0 aliphatic heterocycles. The molecule has 0 radical (unpaired) electrons. The van der Waals surface area contributed by atoms with Gasteiger partial charge in [-0.25, -0.2) is 0 Å². The van der Waals surface area contributed by atoms with E-state index in [0.29, 0.717) is 12.0 Å². The SMILES string of the molecule is C=CCCCOc1ccc(Cc2ccc(C3CCC(OCCCCOC)CC3)cc2C)c(C)c1. The first-order valence-electron chi connectivity index (χ1n) is 13.1. The van der Waals surface area contributed by atoms with E-state index in [-0.39, 0.29) is 0 Å². The lowest BCUT2D eigenvalue weighted by Crippen LogP contribution is -2.21. The standard InChI is InChI=1S/C31H44O3/c1-5-6-7-19-34-31-17-14-28(25(3)22-31)23-27-10-11-29(21-24(27)2)26-12-15-30(16-13-26)33-20-9-8-18-32-4/h5,10-11,14,17,21-22,26,30H,1,6-9,12-13,15-16,18-20,23H2,2-4H3. The molecular weight excluding hydrogens is 420 g/mol. The summed E-state index contributed by atoms with van der Waals surface area (Å²) in [6.07, 6.45) is 12.4. The summed E-state index contributed by atoms with van der Waals surface area (Å²) < 4.78 is 17.1. The van der Waals surface area contributed by atoms with Gasteiger partial charge in [0.1, 0.15) is 5.75 Å². The number of unbranched alkanes of at least 4 members (excludes halogenated alkanes) is 2. The summed E-state index contributed by atoms with van der Waals surface area (Å²) in [5, 5.41) is 0. The monoisotopic (exact) mass is 464 g/mol. The number of methoxy groups -OCH3 is 1. The van der Waals surface area contributed by atoms with Crippen molar-refractivity contribution in [2.45, 2.75) is 83.7 Å². The lowest BCUT2D eigenvalue weighted by molar-refractivity contribution is 0.0205. The molecule has 186 valence electrons. The highest BCUT2D eigenvalue weighted by molar-refractivity contribution is 5.41. The van der Waals surface area contributed by atoms with Gasteiger partial charge in [-0.2, -0.15) is 0 Å². The van der Waals surface area contributed by atoms with Crippen molar-refractivity contribution in [3.8, 4) is 5.75 Å². The van der Waals surface area contributed by atoms with Crippen LogP contribution < -0.4 is 4.74 Å². The smallest absolute Gasteiger partial charge is 0.119 e. The van der Waals surface area contributed by atoms with Gasteiger partial charge in [0.25, 0.3) is 0 Å². The van der Waals surface area contributed by atoms with Crippen molar-refractivity contribution < 1.29 is 14.2 Å². The molecule has 0 aromatic heterocycles. The maximum atomic E-state index is 6.11. The van der Waals surface area contributed by atoms with Gasteiger partial charge in [-0.15, -0.1) is 6.58 Å². The molecule has 1 saturated carbocycles. The lowest BCUT2D eigenvalue weighted by atomic mass is 9.81. The Bertz CT molecular complexity index is 880. The maximum Gasteiger partial charge on any atom is 0.119 e. The van der Waals surface area contributed by atoms with E-state index in [9.17, 15) is 0 Å². The number of rotatable bonds is 14. The van der Waals surface area contributed by atoms with Crippen molar-refractivity contribution in [3.05, 3.63) is 76.9 Å². The van der Waals surface area contributed by atoms with E-state index in [1.807, 2.05) is 6.08 Å². The van der Waals surface area contributed by atoms with Crippen LogP contribution in [-0.4, -0.2) is 33.0 Å². The summed E-state index contributed by atoms with van der Waals surface area (Å²) in [5.74, 6) is 1.63. The molecule has 0 unspecified atom stereocenters. The number of hydrogen-bond donors (Lipinski definition) is 0. The summed E-state index contributed by atoms with van der Waals surface area (Å²) in [7, 11) is 1.76. The maximum absolute atomic E-state index is 6.11. The molecule has 0 N–H and O–H groups in total. The van der Waals surface area contributed by atoms with Crippen molar-refractivity contribution >= 4 is 0 Å². The van der Waals surface area contributed by atoms with Crippen LogP contribution in [0.4, 0.5) is 0 Å². The molecular formula is C31H44O3. The van der Waals surface area contributed by atoms with Crippen LogP contribution >= 0.6 is 0 Å². The van der Waals surface area contributed by atoms with E-state index < -0.39 is 0 Å². The molecule has 2 aromatic carbocycles. The van der Waals surface area contributed by atoms with Crippen molar-refractivity contribution in [2.24, 2.45) is 0 Å². The molecule has 34 heavy (non-hydrogen) atoms. The number of allylic oxidation sites excluding steroid dienone is 1. The fourth-order valence-corrected chi connectivity index (χ4v) is 4.91. The Morgan fingerprint density at radius 3 is 2.24 bits per heavy atom. The molecule has 0 heterocycles. The average molecular weight is 465 g/mol. The van der Waals surface area contributed by atoms with E-state index in [1.54, 1.807) is 7.11 Å². The lowest BCUT2D eigenvalue weighted by Gasteiger charge is -2.29. The molecule has 2 aromatic rings. The molecule has 0 bridgehead atoms. The molecule has 3 nitrogen and oxygen atoms in total. The van der Waals surface area contributed by atoms with Crippen LogP contribution in [0.5, 0.6) is 5.75 Å². The fraction of sp³-hybridized carbons (Fsp3) is 0.548. The van der Waals surface area contributed by atoms with Crippen molar-refractivity contribution in [1.29, 1.82) is 0 Å². The minimum Gasteiger partial charge on any atom is -0.494 e. The summed E-state index contributed by atoms with van der Waals surface area (Å²) in [6, 6.07) is 13.6. The Kier molecular flexibility index (Phi) is 11.2. The normalized spacial score (nSPS) is 18.1. The van der Waals surface area contributed by atoms with Gasteiger partial charge < -0.3 is 14.2 Å². The van der Waals surface area contributed by atoms with Crippen LogP contribution in [0, 0.1) is 13.8 Å². The van der Waals surface area contributed by atoms with Crippen LogP contribution in [0.15, 0.2) is 49.1 Å². The first kappa shape index (κ1) is 26.5. The third kappa shape index (κ3) is 8.29. The third-order valence-electron chi connectivity index (χ3n) is 7.12. The second kappa shape index (κ2) is 14.3. The largest absolute Gasteiger partial charge is 0.494 e. The predicted molar refractivity (Wildman–Crippen MR) is 142 cm³/mol. The minimum atomic E-state index is 0.441. The van der Waals surface area contributed by atoms with E-state index in [2.05, 4.69) is 56.8 Å². The Balaban J connectivity index is 1.49. The highest BCUT2D eigenvalue weighted by atomic mass is 16.5. The highest BCUT2D eigenvalue weighted by Crippen LogP contribution is 2.35. The summed E-state index contributed by atoms with van der Waals surface area (Å²) >= 11 is 0. The zero-order chi connectivity index (χ0) is 24.2. The van der Waals surface area contributed by atoms with E-state index in [1.165, 1.54) is 53.5 Å². The van der Waals surface area contributed by atoms with Crippen molar-refractivity contribution in [1.82, 2.24) is 0 Å².